The Morgan fingerprint density at radius 3 is 2.56 bits per heavy atom. The maximum absolute atomic E-state index is 12.9. The van der Waals surface area contributed by atoms with E-state index in [-0.39, 0.29) is 5.91 Å². The number of rotatable bonds is 2. The summed E-state index contributed by atoms with van der Waals surface area (Å²) in [6.07, 6.45) is 3.17. The first-order chi connectivity index (χ1) is 12.1. The zero-order valence-electron chi connectivity index (χ0n) is 15.0. The largest absolute Gasteiger partial charge is 0.368 e. The topological polar surface area (TPSA) is 54.3 Å². The van der Waals surface area contributed by atoms with E-state index in [0.29, 0.717) is 5.82 Å². The number of nitrogens with zero attached hydrogens (tertiary/aromatic N) is 5. The van der Waals surface area contributed by atoms with E-state index in [1.54, 1.807) is 0 Å². The molecule has 3 heterocycles. The van der Waals surface area contributed by atoms with Crippen molar-refractivity contribution in [1.29, 1.82) is 0 Å². The Hall–Kier alpha value is -2.37. The lowest BCUT2D eigenvalue weighted by atomic mass is 10.1. The van der Waals surface area contributed by atoms with Gasteiger partial charge in [-0.2, -0.15) is 0 Å². The summed E-state index contributed by atoms with van der Waals surface area (Å²) in [5.41, 5.74) is 3.86. The second-order valence-electron chi connectivity index (χ2n) is 7.12. The van der Waals surface area contributed by atoms with Crippen LogP contribution in [0.1, 0.15) is 40.4 Å². The highest BCUT2D eigenvalue weighted by Gasteiger charge is 2.28. The van der Waals surface area contributed by atoms with Crippen LogP contribution in [-0.2, 0) is 13.0 Å². The zero-order chi connectivity index (χ0) is 17.4. The molecule has 1 fully saturated rings. The highest BCUT2D eigenvalue weighted by atomic mass is 16.2. The van der Waals surface area contributed by atoms with E-state index in [1.165, 1.54) is 16.8 Å². The Bertz CT molecular complexity index is 789. The zero-order valence-corrected chi connectivity index (χ0v) is 15.0. The van der Waals surface area contributed by atoms with Gasteiger partial charge in [0.05, 0.1) is 0 Å². The summed E-state index contributed by atoms with van der Waals surface area (Å²) in [5.74, 6) is 1.51. The number of amides is 1. The van der Waals surface area contributed by atoms with E-state index in [4.69, 9.17) is 0 Å². The number of anilines is 1. The van der Waals surface area contributed by atoms with E-state index in [0.717, 1.165) is 57.8 Å². The molecule has 0 unspecified atom stereocenters. The third-order valence-electron chi connectivity index (χ3n) is 5.31. The Labute approximate surface area is 148 Å². The van der Waals surface area contributed by atoms with Crippen molar-refractivity contribution < 1.29 is 4.79 Å². The van der Waals surface area contributed by atoms with E-state index in [1.807, 2.05) is 9.47 Å². The van der Waals surface area contributed by atoms with Crippen molar-refractivity contribution in [2.24, 2.45) is 0 Å². The summed E-state index contributed by atoms with van der Waals surface area (Å²) in [6.45, 7) is 8.32. The van der Waals surface area contributed by atoms with Crippen LogP contribution in [0.3, 0.4) is 0 Å². The van der Waals surface area contributed by atoms with Crippen LogP contribution in [0.15, 0.2) is 18.2 Å². The Morgan fingerprint density at radius 1 is 1.00 bits per heavy atom. The molecule has 0 N–H and O–H groups in total. The van der Waals surface area contributed by atoms with Gasteiger partial charge in [-0.15, -0.1) is 10.2 Å². The van der Waals surface area contributed by atoms with Crippen molar-refractivity contribution in [3.63, 3.8) is 0 Å². The smallest absolute Gasteiger partial charge is 0.291 e. The van der Waals surface area contributed by atoms with Crippen LogP contribution >= 0.6 is 0 Å². The number of hydrogen-bond acceptors (Lipinski definition) is 4. The molecule has 6 heteroatoms. The minimum atomic E-state index is 0.0286. The lowest BCUT2D eigenvalue weighted by Gasteiger charge is -2.36. The van der Waals surface area contributed by atoms with Crippen molar-refractivity contribution in [3.8, 4) is 0 Å². The van der Waals surface area contributed by atoms with Crippen molar-refractivity contribution in [1.82, 2.24) is 19.7 Å². The number of carbonyl (C=O) groups excluding carboxylic acids is 1. The van der Waals surface area contributed by atoms with Crippen molar-refractivity contribution in [2.45, 2.75) is 39.7 Å². The van der Waals surface area contributed by atoms with Gasteiger partial charge in [0.15, 0.2) is 0 Å². The first-order valence-electron chi connectivity index (χ1n) is 9.17. The molecule has 6 nitrogen and oxygen atoms in total. The normalized spacial score (nSPS) is 17.5. The van der Waals surface area contributed by atoms with Gasteiger partial charge in [-0.25, -0.2) is 0 Å². The second-order valence-corrected chi connectivity index (χ2v) is 7.12. The summed E-state index contributed by atoms with van der Waals surface area (Å²) < 4.78 is 2.02. The second kappa shape index (κ2) is 6.50. The monoisotopic (exact) mass is 339 g/mol. The van der Waals surface area contributed by atoms with Gasteiger partial charge in [0.2, 0.25) is 5.82 Å². The predicted molar refractivity (Wildman–Crippen MR) is 97.0 cm³/mol. The Kier molecular flexibility index (Phi) is 4.19. The van der Waals surface area contributed by atoms with E-state index in [9.17, 15) is 4.79 Å². The van der Waals surface area contributed by atoms with Gasteiger partial charge >= 0.3 is 0 Å². The van der Waals surface area contributed by atoms with Crippen LogP contribution in [0.2, 0.25) is 0 Å². The molecule has 0 radical (unpaired) electrons. The maximum atomic E-state index is 12.9. The molecule has 1 saturated heterocycles. The van der Waals surface area contributed by atoms with Gasteiger partial charge in [-0.05, 0) is 38.3 Å². The predicted octanol–water partition coefficient (Wildman–Crippen LogP) is 2.19. The van der Waals surface area contributed by atoms with Crippen LogP contribution in [0, 0.1) is 13.8 Å². The molecule has 1 aromatic carbocycles. The number of piperazine rings is 1. The van der Waals surface area contributed by atoms with Gasteiger partial charge in [-0.1, -0.05) is 17.7 Å². The van der Waals surface area contributed by atoms with Crippen LogP contribution in [0.5, 0.6) is 0 Å². The van der Waals surface area contributed by atoms with Gasteiger partial charge < -0.3 is 14.4 Å². The summed E-state index contributed by atoms with van der Waals surface area (Å²) in [6, 6.07) is 6.56. The highest BCUT2D eigenvalue weighted by molar-refractivity contribution is 5.91. The molecule has 1 aromatic heterocycles. The number of fused-ring (bicyclic) bond motifs is 1. The molecule has 0 spiro atoms. The first kappa shape index (κ1) is 16.1. The average Bonchev–Trinajstić information content (AvgIpc) is 3.05. The number of hydrogen-bond donors (Lipinski definition) is 0. The molecule has 0 saturated carbocycles. The lowest BCUT2D eigenvalue weighted by Crippen LogP contribution is -2.49. The van der Waals surface area contributed by atoms with Crippen LogP contribution < -0.4 is 4.90 Å². The standard InChI is InChI=1S/C19H25N5O/c1-14-6-7-16(15(2)13-14)22-9-11-23(12-10-22)19(25)18-21-20-17-5-3-4-8-24(17)18/h6-7,13H,3-5,8-12H2,1-2H3. The molecule has 2 aromatic rings. The van der Waals surface area contributed by atoms with Gasteiger partial charge in [0, 0.05) is 44.8 Å². The molecule has 0 atom stereocenters. The first-order valence-corrected chi connectivity index (χ1v) is 9.17. The van der Waals surface area contributed by atoms with Gasteiger partial charge in [0.1, 0.15) is 5.82 Å². The molecule has 0 bridgehead atoms. The van der Waals surface area contributed by atoms with Crippen LogP contribution in [-0.4, -0.2) is 51.8 Å². The van der Waals surface area contributed by atoms with Crippen LogP contribution in [0.4, 0.5) is 5.69 Å². The molecule has 132 valence electrons. The minimum Gasteiger partial charge on any atom is -0.368 e. The molecule has 1 amide bonds. The van der Waals surface area contributed by atoms with Gasteiger partial charge in [-0.3, -0.25) is 4.79 Å². The highest BCUT2D eigenvalue weighted by Crippen LogP contribution is 2.23. The number of carbonyl (C=O) groups is 1. The molecular formula is C19H25N5O. The molecule has 4 rings (SSSR count). The fraction of sp³-hybridized carbons (Fsp3) is 0.526. The molecular weight excluding hydrogens is 314 g/mol. The summed E-state index contributed by atoms with van der Waals surface area (Å²) in [4.78, 5) is 17.2. The van der Waals surface area contributed by atoms with Crippen molar-refractivity contribution in [2.75, 3.05) is 31.1 Å². The molecule has 2 aliphatic heterocycles. The van der Waals surface area contributed by atoms with Crippen molar-refractivity contribution in [3.05, 3.63) is 41.0 Å². The quantitative estimate of drug-likeness (QED) is 0.842. The fourth-order valence-electron chi connectivity index (χ4n) is 3.92. The average molecular weight is 339 g/mol. The lowest BCUT2D eigenvalue weighted by molar-refractivity contribution is 0.0728. The minimum absolute atomic E-state index is 0.0286. The third kappa shape index (κ3) is 3.01. The number of benzene rings is 1. The maximum Gasteiger partial charge on any atom is 0.291 e. The van der Waals surface area contributed by atoms with E-state index >= 15 is 0 Å². The third-order valence-corrected chi connectivity index (χ3v) is 5.31. The number of aromatic nitrogens is 3. The summed E-state index contributed by atoms with van der Waals surface area (Å²) in [5, 5.41) is 8.39. The summed E-state index contributed by atoms with van der Waals surface area (Å²) in [7, 11) is 0. The summed E-state index contributed by atoms with van der Waals surface area (Å²) >= 11 is 0. The van der Waals surface area contributed by atoms with Crippen LogP contribution in [0.25, 0.3) is 0 Å². The van der Waals surface area contributed by atoms with Crippen molar-refractivity contribution >= 4 is 11.6 Å². The Morgan fingerprint density at radius 2 is 1.80 bits per heavy atom. The van der Waals surface area contributed by atoms with E-state index in [2.05, 4.69) is 47.1 Å². The Balaban J connectivity index is 1.45. The van der Waals surface area contributed by atoms with Gasteiger partial charge in [0.25, 0.3) is 5.91 Å². The molecule has 25 heavy (non-hydrogen) atoms. The number of aryl methyl sites for hydroxylation is 3. The van der Waals surface area contributed by atoms with E-state index < -0.39 is 0 Å². The molecule has 0 aliphatic carbocycles. The SMILES string of the molecule is Cc1ccc(N2CCN(C(=O)c3nnc4n3CCCC4)CC2)c(C)c1. The fourth-order valence-corrected chi connectivity index (χ4v) is 3.92. The molecule has 2 aliphatic rings.